The van der Waals surface area contributed by atoms with Gasteiger partial charge in [-0.2, -0.15) is 0 Å². The van der Waals surface area contributed by atoms with Crippen molar-refractivity contribution in [2.75, 3.05) is 0 Å². The van der Waals surface area contributed by atoms with E-state index in [1.165, 1.54) is 31.2 Å². The summed E-state index contributed by atoms with van der Waals surface area (Å²) in [6.45, 7) is 4.60. The van der Waals surface area contributed by atoms with Gasteiger partial charge in [0.25, 0.3) is 0 Å². The minimum absolute atomic E-state index is 0.0268. The van der Waals surface area contributed by atoms with Crippen LogP contribution in [0.25, 0.3) is 0 Å². The van der Waals surface area contributed by atoms with Gasteiger partial charge in [0.05, 0.1) is 18.6 Å². The number of amides is 3. The fourth-order valence-corrected chi connectivity index (χ4v) is 3.22. The maximum Gasteiger partial charge on any atom is 0.326 e. The number of nitrogens with one attached hydrogen (secondary N) is 3. The Bertz CT molecular complexity index is 936. The second-order valence-electron chi connectivity index (χ2n) is 8.57. The van der Waals surface area contributed by atoms with E-state index in [2.05, 4.69) is 16.0 Å². The summed E-state index contributed by atoms with van der Waals surface area (Å²) >= 11 is 0. The normalized spacial score (nSPS) is 15.9. The molecule has 0 aliphatic heterocycles. The first-order valence-corrected chi connectivity index (χ1v) is 11.3. The molecular weight excluding hydrogens is 476 g/mol. The molecule has 13 nitrogen and oxygen atoms in total. The van der Waals surface area contributed by atoms with Crippen LogP contribution in [0.3, 0.4) is 0 Å². The van der Waals surface area contributed by atoms with E-state index >= 15 is 0 Å². The topological polar surface area (TPSA) is 228 Å². The van der Waals surface area contributed by atoms with Crippen LogP contribution in [0.15, 0.2) is 24.3 Å². The highest BCUT2D eigenvalue weighted by atomic mass is 16.4. The molecule has 6 unspecified atom stereocenters. The van der Waals surface area contributed by atoms with Gasteiger partial charge in [0.1, 0.15) is 23.9 Å². The molecule has 0 heterocycles. The molecule has 0 saturated carbocycles. The summed E-state index contributed by atoms with van der Waals surface area (Å²) in [5, 5.41) is 44.9. The highest BCUT2D eigenvalue weighted by molar-refractivity contribution is 5.95. The fourth-order valence-electron chi connectivity index (χ4n) is 3.22. The van der Waals surface area contributed by atoms with Crippen LogP contribution in [0.4, 0.5) is 0 Å². The standard InChI is InChI=1S/C23H34N4O9/c1-4-11(2)18(23(35)36)26-21(33)16(9-13-5-7-14(29)8-6-13)25-22(34)19(12(3)28)27-20(32)15(24)10-17(30)31/h5-8,11-12,15-16,18-19,28-29H,4,9-10,24H2,1-3H3,(H,25,34)(H,26,33)(H,27,32)(H,30,31)(H,35,36). The van der Waals surface area contributed by atoms with Gasteiger partial charge in [0.2, 0.25) is 17.7 Å². The Morgan fingerprint density at radius 2 is 1.44 bits per heavy atom. The summed E-state index contributed by atoms with van der Waals surface area (Å²) in [5.74, 6) is -5.83. The summed E-state index contributed by atoms with van der Waals surface area (Å²) in [5.41, 5.74) is 6.03. The van der Waals surface area contributed by atoms with Crippen LogP contribution in [-0.2, 0) is 30.4 Å². The van der Waals surface area contributed by atoms with Gasteiger partial charge >= 0.3 is 11.9 Å². The number of aliphatic carboxylic acids is 2. The maximum atomic E-state index is 13.1. The lowest BCUT2D eigenvalue weighted by molar-refractivity contribution is -0.144. The van der Waals surface area contributed by atoms with Gasteiger partial charge in [0.15, 0.2) is 0 Å². The molecule has 13 heteroatoms. The molecular formula is C23H34N4O9. The molecule has 0 bridgehead atoms. The van der Waals surface area contributed by atoms with Crippen molar-refractivity contribution in [3.05, 3.63) is 29.8 Å². The van der Waals surface area contributed by atoms with Crippen molar-refractivity contribution >= 4 is 29.7 Å². The van der Waals surface area contributed by atoms with Crippen LogP contribution in [0.5, 0.6) is 5.75 Å². The zero-order valence-corrected chi connectivity index (χ0v) is 20.3. The molecule has 1 aromatic carbocycles. The van der Waals surface area contributed by atoms with Crippen LogP contribution in [0.2, 0.25) is 0 Å². The Morgan fingerprint density at radius 3 is 1.92 bits per heavy atom. The Balaban J connectivity index is 3.16. The van der Waals surface area contributed by atoms with Gasteiger partial charge in [0, 0.05) is 6.42 Å². The highest BCUT2D eigenvalue weighted by Gasteiger charge is 2.33. The third-order valence-corrected chi connectivity index (χ3v) is 5.58. The Kier molecular flexibility index (Phi) is 11.8. The number of aliphatic hydroxyl groups is 1. The first kappa shape index (κ1) is 30.3. The third kappa shape index (κ3) is 9.50. The number of benzene rings is 1. The van der Waals surface area contributed by atoms with Crippen molar-refractivity contribution in [3.8, 4) is 5.75 Å². The predicted molar refractivity (Wildman–Crippen MR) is 127 cm³/mol. The number of carboxylic acids is 2. The first-order chi connectivity index (χ1) is 16.8. The largest absolute Gasteiger partial charge is 0.508 e. The van der Waals surface area contributed by atoms with Gasteiger partial charge < -0.3 is 42.1 Å². The molecule has 1 rings (SSSR count). The van der Waals surface area contributed by atoms with Crippen molar-refractivity contribution in [2.45, 2.75) is 70.3 Å². The molecule has 36 heavy (non-hydrogen) atoms. The number of aliphatic hydroxyl groups excluding tert-OH is 1. The zero-order chi connectivity index (χ0) is 27.6. The molecule has 0 radical (unpaired) electrons. The van der Waals surface area contributed by atoms with Crippen LogP contribution in [0.1, 0.15) is 39.2 Å². The molecule has 0 fully saturated rings. The van der Waals surface area contributed by atoms with Crippen molar-refractivity contribution in [2.24, 2.45) is 11.7 Å². The van der Waals surface area contributed by atoms with E-state index < -0.39 is 72.3 Å². The van der Waals surface area contributed by atoms with Crippen molar-refractivity contribution in [3.63, 3.8) is 0 Å². The molecule has 3 amide bonds. The molecule has 0 aromatic heterocycles. The average molecular weight is 511 g/mol. The number of carboxylic acid groups (broad SMARTS) is 2. The summed E-state index contributed by atoms with van der Waals surface area (Å²) in [4.78, 5) is 60.7. The van der Waals surface area contributed by atoms with E-state index in [9.17, 15) is 39.3 Å². The maximum absolute atomic E-state index is 13.1. The van der Waals surface area contributed by atoms with Crippen LogP contribution >= 0.6 is 0 Å². The fraction of sp³-hybridized carbons (Fsp3) is 0.522. The lowest BCUT2D eigenvalue weighted by Gasteiger charge is -2.27. The minimum Gasteiger partial charge on any atom is -0.508 e. The van der Waals surface area contributed by atoms with Gasteiger partial charge in [-0.25, -0.2) is 4.79 Å². The van der Waals surface area contributed by atoms with E-state index in [1.54, 1.807) is 13.8 Å². The number of carbonyl (C=O) groups is 5. The number of phenolic OH excluding ortho intramolecular Hbond substituents is 1. The number of phenols is 1. The Hall–Kier alpha value is -3.71. The number of carbonyl (C=O) groups excluding carboxylic acids is 3. The van der Waals surface area contributed by atoms with Gasteiger partial charge in [-0.15, -0.1) is 0 Å². The van der Waals surface area contributed by atoms with Crippen LogP contribution in [0, 0.1) is 5.92 Å². The molecule has 200 valence electrons. The third-order valence-electron chi connectivity index (χ3n) is 5.58. The Morgan fingerprint density at radius 1 is 0.889 bits per heavy atom. The van der Waals surface area contributed by atoms with E-state index in [-0.39, 0.29) is 12.2 Å². The second kappa shape index (κ2) is 14.0. The summed E-state index contributed by atoms with van der Waals surface area (Å²) < 4.78 is 0. The van der Waals surface area contributed by atoms with Crippen molar-refractivity contribution in [1.82, 2.24) is 16.0 Å². The van der Waals surface area contributed by atoms with Gasteiger partial charge in [-0.3, -0.25) is 19.2 Å². The van der Waals surface area contributed by atoms with Gasteiger partial charge in [-0.05, 0) is 30.5 Å². The monoisotopic (exact) mass is 510 g/mol. The lowest BCUT2D eigenvalue weighted by Crippen LogP contribution is -2.60. The van der Waals surface area contributed by atoms with Gasteiger partial charge in [-0.1, -0.05) is 32.4 Å². The molecule has 1 aromatic rings. The highest BCUT2D eigenvalue weighted by Crippen LogP contribution is 2.13. The molecule has 0 aliphatic carbocycles. The molecule has 9 N–H and O–H groups in total. The molecule has 6 atom stereocenters. The Labute approximate surface area is 208 Å². The predicted octanol–water partition coefficient (Wildman–Crippen LogP) is -1.30. The number of rotatable bonds is 14. The quantitative estimate of drug-likeness (QED) is 0.147. The number of hydrogen-bond acceptors (Lipinski definition) is 8. The molecule has 0 aliphatic rings. The van der Waals surface area contributed by atoms with Crippen LogP contribution < -0.4 is 21.7 Å². The number of aromatic hydroxyl groups is 1. The van der Waals surface area contributed by atoms with Crippen molar-refractivity contribution < 1.29 is 44.4 Å². The van der Waals surface area contributed by atoms with Crippen molar-refractivity contribution in [1.29, 1.82) is 0 Å². The molecule has 0 saturated heterocycles. The minimum atomic E-state index is -1.59. The van der Waals surface area contributed by atoms with Crippen LogP contribution in [-0.4, -0.2) is 80.4 Å². The van der Waals surface area contributed by atoms with E-state index in [0.717, 1.165) is 0 Å². The summed E-state index contributed by atoms with van der Waals surface area (Å²) in [7, 11) is 0. The average Bonchev–Trinajstić information content (AvgIpc) is 2.79. The zero-order valence-electron chi connectivity index (χ0n) is 20.3. The second-order valence-corrected chi connectivity index (χ2v) is 8.57. The molecule has 0 spiro atoms. The summed E-state index contributed by atoms with van der Waals surface area (Å²) in [6, 6.07) is 0.120. The number of nitrogens with two attached hydrogens (primary N) is 1. The lowest BCUT2D eigenvalue weighted by atomic mass is 9.98. The SMILES string of the molecule is CCC(C)C(NC(=O)C(Cc1ccc(O)cc1)NC(=O)C(NC(=O)C(N)CC(=O)O)C(C)O)C(=O)O. The first-order valence-electron chi connectivity index (χ1n) is 11.3. The van der Waals surface area contributed by atoms with E-state index in [1.807, 2.05) is 0 Å². The van der Waals surface area contributed by atoms with E-state index in [4.69, 9.17) is 10.8 Å². The smallest absolute Gasteiger partial charge is 0.326 e. The summed E-state index contributed by atoms with van der Waals surface area (Å²) in [6.07, 6.45) is -1.81. The van der Waals surface area contributed by atoms with E-state index in [0.29, 0.717) is 12.0 Å². The number of hydrogen-bond donors (Lipinski definition) is 8.